The number of anilines is 2. The zero-order valence-corrected chi connectivity index (χ0v) is 21.4. The van der Waals surface area contributed by atoms with Gasteiger partial charge in [0.25, 0.3) is 11.7 Å². The van der Waals surface area contributed by atoms with Crippen molar-refractivity contribution in [3.63, 3.8) is 0 Å². The van der Waals surface area contributed by atoms with Crippen molar-refractivity contribution < 1.29 is 18.4 Å². The molecule has 0 radical (unpaired) electrons. The maximum atomic E-state index is 12.9. The molecular weight excluding hydrogens is 538 g/mol. The summed E-state index contributed by atoms with van der Waals surface area (Å²) in [4.78, 5) is 27.8. The lowest BCUT2D eigenvalue weighted by Crippen LogP contribution is -2.46. The molecule has 11 heteroatoms. The maximum absolute atomic E-state index is 12.9. The van der Waals surface area contributed by atoms with Crippen molar-refractivity contribution >= 4 is 58.3 Å². The predicted molar refractivity (Wildman–Crippen MR) is 143 cm³/mol. The topological polar surface area (TPSA) is 85.2 Å². The Hall–Kier alpha value is -3.52. The van der Waals surface area contributed by atoms with Crippen LogP contribution in [0.25, 0.3) is 0 Å². The Balaban J connectivity index is 1.59. The number of benzene rings is 3. The van der Waals surface area contributed by atoms with Gasteiger partial charge < -0.3 is 15.5 Å². The molecule has 0 saturated carbocycles. The molecule has 2 amide bonds. The minimum atomic E-state index is -2.53. The van der Waals surface area contributed by atoms with Gasteiger partial charge in [0, 0.05) is 21.3 Å². The van der Waals surface area contributed by atoms with Crippen LogP contribution in [0.2, 0.25) is 5.02 Å². The first kappa shape index (κ1) is 26.5. The highest BCUT2D eigenvalue weighted by Crippen LogP contribution is 2.39. The van der Waals surface area contributed by atoms with E-state index in [0.717, 1.165) is 17.3 Å². The van der Waals surface area contributed by atoms with E-state index >= 15 is 0 Å². The standard InChI is InChI=1S/C26H19ClF2N4O2S2/c27-17-8-6-16(7-9-17)23-32-24(35)21(14-30)25(33(23)19-4-2-1-3-5-19)36-15-22(34)31-18-10-12-20(13-11-18)37-26(28)29/h1-13,23,26H,15H2,(H,31,34)(H,32,35). The highest BCUT2D eigenvalue weighted by molar-refractivity contribution is 8.03. The van der Waals surface area contributed by atoms with E-state index in [1.54, 1.807) is 29.2 Å². The molecule has 1 unspecified atom stereocenters. The van der Waals surface area contributed by atoms with Crippen LogP contribution in [-0.4, -0.2) is 23.3 Å². The van der Waals surface area contributed by atoms with Crippen LogP contribution in [-0.2, 0) is 9.59 Å². The third kappa shape index (κ3) is 6.63. The van der Waals surface area contributed by atoms with Crippen LogP contribution in [0.3, 0.4) is 0 Å². The molecule has 2 N–H and O–H groups in total. The number of nitrogens with one attached hydrogen (secondary N) is 2. The van der Waals surface area contributed by atoms with Gasteiger partial charge in [0.05, 0.1) is 5.75 Å². The first-order valence-corrected chi connectivity index (χ1v) is 13.1. The summed E-state index contributed by atoms with van der Waals surface area (Å²) >= 11 is 7.53. The number of amides is 2. The predicted octanol–water partition coefficient (Wildman–Crippen LogP) is 6.40. The molecule has 1 aliphatic heterocycles. The van der Waals surface area contributed by atoms with Gasteiger partial charge >= 0.3 is 0 Å². The molecule has 6 nitrogen and oxygen atoms in total. The summed E-state index contributed by atoms with van der Waals surface area (Å²) in [6.45, 7) is 0. The molecule has 0 fully saturated rings. The Bertz CT molecular complexity index is 1350. The largest absolute Gasteiger partial charge is 0.327 e. The fourth-order valence-electron chi connectivity index (χ4n) is 3.62. The van der Waals surface area contributed by atoms with E-state index in [1.807, 2.05) is 36.4 Å². The van der Waals surface area contributed by atoms with Crippen LogP contribution in [0.4, 0.5) is 20.2 Å². The minimum absolute atomic E-state index is 0.0992. The highest BCUT2D eigenvalue weighted by atomic mass is 35.5. The lowest BCUT2D eigenvalue weighted by Gasteiger charge is -2.39. The smallest absolute Gasteiger partial charge is 0.288 e. The molecule has 3 aromatic carbocycles. The number of carbonyl (C=O) groups is 2. The normalized spacial score (nSPS) is 15.4. The highest BCUT2D eigenvalue weighted by Gasteiger charge is 2.36. The molecule has 1 aliphatic rings. The number of rotatable bonds is 8. The number of hydrogen-bond donors (Lipinski definition) is 2. The molecule has 0 saturated heterocycles. The van der Waals surface area contributed by atoms with Crippen molar-refractivity contribution in [1.29, 1.82) is 5.26 Å². The van der Waals surface area contributed by atoms with Gasteiger partial charge in [-0.2, -0.15) is 14.0 Å². The molecule has 0 spiro atoms. The lowest BCUT2D eigenvalue weighted by atomic mass is 10.1. The molecule has 1 heterocycles. The third-order valence-electron chi connectivity index (χ3n) is 5.22. The third-order valence-corrected chi connectivity index (χ3v) is 7.28. The van der Waals surface area contributed by atoms with Gasteiger partial charge in [-0.25, -0.2) is 0 Å². The van der Waals surface area contributed by atoms with Gasteiger partial charge in [-0.3, -0.25) is 9.59 Å². The monoisotopic (exact) mass is 556 g/mol. The van der Waals surface area contributed by atoms with Crippen LogP contribution in [0.5, 0.6) is 0 Å². The zero-order valence-electron chi connectivity index (χ0n) is 19.0. The second-order valence-corrected chi connectivity index (χ2v) is 10.1. The number of halogens is 3. The zero-order chi connectivity index (χ0) is 26.4. The van der Waals surface area contributed by atoms with Crippen LogP contribution >= 0.6 is 35.1 Å². The van der Waals surface area contributed by atoms with Gasteiger partial charge in [-0.15, -0.1) is 0 Å². The quantitative estimate of drug-likeness (QED) is 0.312. The molecular formula is C26H19ClF2N4O2S2. The second kappa shape index (κ2) is 12.1. The summed E-state index contributed by atoms with van der Waals surface area (Å²) in [6.07, 6.45) is -0.644. The fourth-order valence-corrected chi connectivity index (χ4v) is 5.22. The van der Waals surface area contributed by atoms with Crippen molar-refractivity contribution in [2.45, 2.75) is 16.8 Å². The van der Waals surface area contributed by atoms with Crippen molar-refractivity contribution in [3.8, 4) is 6.07 Å². The van der Waals surface area contributed by atoms with E-state index < -0.39 is 17.8 Å². The van der Waals surface area contributed by atoms with Gasteiger partial charge in [-0.1, -0.05) is 65.5 Å². The van der Waals surface area contributed by atoms with Crippen molar-refractivity contribution in [2.24, 2.45) is 0 Å². The van der Waals surface area contributed by atoms with E-state index in [-0.39, 0.29) is 17.2 Å². The molecule has 4 rings (SSSR count). The van der Waals surface area contributed by atoms with Crippen molar-refractivity contribution in [1.82, 2.24) is 5.32 Å². The molecule has 3 aromatic rings. The molecule has 0 bridgehead atoms. The van der Waals surface area contributed by atoms with E-state index in [0.29, 0.717) is 38.1 Å². The number of carbonyl (C=O) groups excluding carboxylic acids is 2. The van der Waals surface area contributed by atoms with Crippen molar-refractivity contribution in [3.05, 3.63) is 100 Å². The van der Waals surface area contributed by atoms with Crippen molar-refractivity contribution in [2.75, 3.05) is 16.0 Å². The Morgan fingerprint density at radius 2 is 1.76 bits per heavy atom. The number of thioether (sulfide) groups is 2. The summed E-state index contributed by atoms with van der Waals surface area (Å²) in [6, 6.07) is 24.2. The number of nitriles is 1. The second-order valence-electron chi connectivity index (χ2n) is 7.66. The van der Waals surface area contributed by atoms with Crippen LogP contribution in [0, 0.1) is 11.3 Å². The Labute approximate surface area is 225 Å². The molecule has 37 heavy (non-hydrogen) atoms. The number of nitrogens with zero attached hydrogens (tertiary/aromatic N) is 2. The summed E-state index contributed by atoms with van der Waals surface area (Å²) in [5.74, 6) is -3.56. The SMILES string of the molecule is N#CC1=C(SCC(=O)Nc2ccc(SC(F)F)cc2)N(c2ccccc2)C(c2ccc(Cl)cc2)NC1=O. The maximum Gasteiger partial charge on any atom is 0.288 e. The summed E-state index contributed by atoms with van der Waals surface area (Å²) in [7, 11) is 0. The molecule has 0 aliphatic carbocycles. The van der Waals surface area contributed by atoms with Gasteiger partial charge in [-0.05, 0) is 54.1 Å². The van der Waals surface area contributed by atoms with Gasteiger partial charge in [0.2, 0.25) is 5.91 Å². The Morgan fingerprint density at radius 1 is 1.08 bits per heavy atom. The lowest BCUT2D eigenvalue weighted by molar-refractivity contribution is -0.118. The molecule has 188 valence electrons. The Morgan fingerprint density at radius 3 is 2.38 bits per heavy atom. The first-order valence-electron chi connectivity index (χ1n) is 10.9. The van der Waals surface area contributed by atoms with Crippen LogP contribution < -0.4 is 15.5 Å². The number of alkyl halides is 2. The first-order chi connectivity index (χ1) is 17.9. The van der Waals surface area contributed by atoms with Gasteiger partial charge in [0.15, 0.2) is 0 Å². The van der Waals surface area contributed by atoms with E-state index in [2.05, 4.69) is 10.6 Å². The van der Waals surface area contributed by atoms with Gasteiger partial charge in [0.1, 0.15) is 22.8 Å². The average Bonchev–Trinajstić information content (AvgIpc) is 2.89. The van der Waals surface area contributed by atoms with Crippen LogP contribution in [0.1, 0.15) is 11.7 Å². The number of para-hydroxylation sites is 1. The fraction of sp³-hybridized carbons (Fsp3) is 0.115. The minimum Gasteiger partial charge on any atom is -0.327 e. The molecule has 1 atom stereocenters. The van der Waals surface area contributed by atoms with E-state index in [9.17, 15) is 23.6 Å². The van der Waals surface area contributed by atoms with Crippen LogP contribution in [0.15, 0.2) is 94.4 Å². The van der Waals surface area contributed by atoms with E-state index in [1.165, 1.54) is 24.3 Å². The summed E-state index contributed by atoms with van der Waals surface area (Å²) in [5.41, 5.74) is 1.78. The Kier molecular flexibility index (Phi) is 8.71. The summed E-state index contributed by atoms with van der Waals surface area (Å²) < 4.78 is 25.1. The number of hydrogen-bond acceptors (Lipinski definition) is 6. The average molecular weight is 557 g/mol. The summed E-state index contributed by atoms with van der Waals surface area (Å²) in [5, 5.41) is 16.3. The van der Waals surface area contributed by atoms with E-state index in [4.69, 9.17) is 11.6 Å². The molecule has 0 aromatic heterocycles.